The molecule has 2 aromatic heterocycles. The van der Waals surface area contributed by atoms with Crippen LogP contribution >= 0.6 is 0 Å². The van der Waals surface area contributed by atoms with Crippen LogP contribution < -0.4 is 0 Å². The Morgan fingerprint density at radius 1 is 1.17 bits per heavy atom. The van der Waals surface area contributed by atoms with E-state index in [-0.39, 0.29) is 11.5 Å². The van der Waals surface area contributed by atoms with Crippen LogP contribution in [0.5, 0.6) is 0 Å². The molecule has 156 valence electrons. The van der Waals surface area contributed by atoms with E-state index in [4.69, 9.17) is 13.7 Å². The van der Waals surface area contributed by atoms with Crippen molar-refractivity contribution in [1.82, 2.24) is 15.0 Å². The van der Waals surface area contributed by atoms with Gasteiger partial charge in [0, 0.05) is 31.7 Å². The minimum Gasteiger partial charge on any atom is -0.472 e. The molecule has 0 aliphatic carbocycles. The van der Waals surface area contributed by atoms with Crippen molar-refractivity contribution in [2.45, 2.75) is 37.7 Å². The van der Waals surface area contributed by atoms with Crippen LogP contribution in [0.25, 0.3) is 11.4 Å². The number of amides is 1. The molecule has 2 fully saturated rings. The van der Waals surface area contributed by atoms with Gasteiger partial charge in [0.2, 0.25) is 11.7 Å². The SMILES string of the molecule is O=C(c1ccoc1)N1CCC2(CC1)CC(Cc1nc(-c3ccccc3)no1)CCO2. The highest BCUT2D eigenvalue weighted by Gasteiger charge is 2.41. The van der Waals surface area contributed by atoms with Crippen LogP contribution in [0, 0.1) is 5.92 Å². The average Bonchev–Trinajstić information content (AvgIpc) is 3.47. The summed E-state index contributed by atoms with van der Waals surface area (Å²) in [6.45, 7) is 2.14. The first kappa shape index (κ1) is 19.1. The fourth-order valence-corrected chi connectivity index (χ4v) is 4.63. The molecule has 1 amide bonds. The van der Waals surface area contributed by atoms with E-state index in [2.05, 4.69) is 10.1 Å². The van der Waals surface area contributed by atoms with Crippen LogP contribution in [0.4, 0.5) is 0 Å². The third kappa shape index (κ3) is 3.89. The molecule has 0 radical (unpaired) electrons. The van der Waals surface area contributed by atoms with Crippen molar-refractivity contribution in [2.24, 2.45) is 5.92 Å². The Morgan fingerprint density at radius 2 is 2.00 bits per heavy atom. The van der Waals surface area contributed by atoms with Gasteiger partial charge in [0.15, 0.2) is 0 Å². The second-order valence-corrected chi connectivity index (χ2v) is 8.28. The van der Waals surface area contributed by atoms with E-state index < -0.39 is 0 Å². The number of hydrogen-bond acceptors (Lipinski definition) is 6. The zero-order chi connectivity index (χ0) is 20.4. The monoisotopic (exact) mass is 407 g/mol. The average molecular weight is 407 g/mol. The van der Waals surface area contributed by atoms with Crippen molar-refractivity contribution in [1.29, 1.82) is 0 Å². The van der Waals surface area contributed by atoms with E-state index >= 15 is 0 Å². The molecule has 1 unspecified atom stereocenters. The largest absolute Gasteiger partial charge is 0.472 e. The predicted molar refractivity (Wildman–Crippen MR) is 109 cm³/mol. The summed E-state index contributed by atoms with van der Waals surface area (Å²) < 4.78 is 16.8. The van der Waals surface area contributed by atoms with Crippen molar-refractivity contribution in [3.63, 3.8) is 0 Å². The summed E-state index contributed by atoms with van der Waals surface area (Å²) in [7, 11) is 0. The molecule has 3 aromatic rings. The lowest BCUT2D eigenvalue weighted by atomic mass is 9.78. The normalized spacial score (nSPS) is 21.1. The van der Waals surface area contributed by atoms with Crippen LogP contribution in [0.1, 0.15) is 41.9 Å². The summed E-state index contributed by atoms with van der Waals surface area (Å²) in [6, 6.07) is 11.6. The van der Waals surface area contributed by atoms with Crippen molar-refractivity contribution >= 4 is 5.91 Å². The first-order valence-corrected chi connectivity index (χ1v) is 10.5. The molecular formula is C23H25N3O4. The topological polar surface area (TPSA) is 81.6 Å². The highest BCUT2D eigenvalue weighted by molar-refractivity contribution is 5.93. The molecule has 1 spiro atoms. The Hall–Kier alpha value is -2.93. The standard InChI is InChI=1S/C23H25N3O4/c27-22(19-7-12-28-16-19)26-10-8-23(9-11-26)15-17(6-13-29-23)14-20-24-21(25-30-20)18-4-2-1-3-5-18/h1-5,7,12,16-17H,6,8-11,13-15H2. The van der Waals surface area contributed by atoms with Crippen LogP contribution in [-0.4, -0.2) is 46.2 Å². The van der Waals surface area contributed by atoms with Gasteiger partial charge in [0.05, 0.1) is 17.4 Å². The Kier molecular flexibility index (Phi) is 5.12. The molecular weight excluding hydrogens is 382 g/mol. The quantitative estimate of drug-likeness (QED) is 0.651. The summed E-state index contributed by atoms with van der Waals surface area (Å²) in [6.07, 6.45) is 7.47. The van der Waals surface area contributed by atoms with Gasteiger partial charge in [-0.05, 0) is 37.7 Å². The van der Waals surface area contributed by atoms with Gasteiger partial charge < -0.3 is 18.6 Å². The molecule has 0 saturated carbocycles. The van der Waals surface area contributed by atoms with Gasteiger partial charge in [-0.3, -0.25) is 4.79 Å². The number of piperidine rings is 1. The Labute approximate surface area is 175 Å². The van der Waals surface area contributed by atoms with E-state index in [0.29, 0.717) is 36.3 Å². The molecule has 7 heteroatoms. The number of ether oxygens (including phenoxy) is 1. The van der Waals surface area contributed by atoms with Gasteiger partial charge in [-0.1, -0.05) is 35.5 Å². The third-order valence-corrected chi connectivity index (χ3v) is 6.29. The number of carbonyl (C=O) groups excluding carboxylic acids is 1. The second kappa shape index (κ2) is 8.07. The molecule has 2 saturated heterocycles. The molecule has 2 aliphatic rings. The van der Waals surface area contributed by atoms with Crippen molar-refractivity contribution in [2.75, 3.05) is 19.7 Å². The highest BCUT2D eigenvalue weighted by Crippen LogP contribution is 2.39. The van der Waals surface area contributed by atoms with E-state index in [1.54, 1.807) is 6.07 Å². The van der Waals surface area contributed by atoms with Crippen LogP contribution in [0.2, 0.25) is 0 Å². The summed E-state index contributed by atoms with van der Waals surface area (Å²) in [5.41, 5.74) is 1.42. The minimum absolute atomic E-state index is 0.0326. The number of benzene rings is 1. The second-order valence-electron chi connectivity index (χ2n) is 8.28. The zero-order valence-corrected chi connectivity index (χ0v) is 16.8. The predicted octanol–water partition coefficient (Wildman–Crippen LogP) is 3.97. The molecule has 0 N–H and O–H groups in total. The van der Waals surface area contributed by atoms with Gasteiger partial charge in [0.1, 0.15) is 6.26 Å². The zero-order valence-electron chi connectivity index (χ0n) is 16.8. The first-order chi connectivity index (χ1) is 14.7. The van der Waals surface area contributed by atoms with Crippen molar-refractivity contribution < 1.29 is 18.5 Å². The summed E-state index contributed by atoms with van der Waals surface area (Å²) in [4.78, 5) is 19.0. The lowest BCUT2D eigenvalue weighted by Crippen LogP contribution is -2.51. The van der Waals surface area contributed by atoms with E-state index in [9.17, 15) is 4.79 Å². The number of aromatic nitrogens is 2. The Balaban J connectivity index is 1.20. The van der Waals surface area contributed by atoms with Gasteiger partial charge in [-0.2, -0.15) is 4.98 Å². The molecule has 0 bridgehead atoms. The number of carbonyl (C=O) groups is 1. The van der Waals surface area contributed by atoms with Crippen molar-refractivity contribution in [3.8, 4) is 11.4 Å². The number of rotatable bonds is 4. The molecule has 1 atom stereocenters. The number of likely N-dealkylation sites (tertiary alicyclic amines) is 1. The number of furan rings is 1. The third-order valence-electron chi connectivity index (χ3n) is 6.29. The van der Waals surface area contributed by atoms with Gasteiger partial charge in [-0.25, -0.2) is 0 Å². The molecule has 2 aliphatic heterocycles. The smallest absolute Gasteiger partial charge is 0.257 e. The maximum atomic E-state index is 12.6. The Morgan fingerprint density at radius 3 is 2.77 bits per heavy atom. The van der Waals surface area contributed by atoms with Gasteiger partial charge >= 0.3 is 0 Å². The molecule has 1 aromatic carbocycles. The van der Waals surface area contributed by atoms with E-state index in [1.807, 2.05) is 35.2 Å². The maximum Gasteiger partial charge on any atom is 0.257 e. The van der Waals surface area contributed by atoms with E-state index in [0.717, 1.165) is 44.3 Å². The minimum atomic E-state index is -0.154. The summed E-state index contributed by atoms with van der Waals surface area (Å²) >= 11 is 0. The van der Waals surface area contributed by atoms with Crippen LogP contribution in [-0.2, 0) is 11.2 Å². The molecule has 30 heavy (non-hydrogen) atoms. The summed E-state index contributed by atoms with van der Waals surface area (Å²) in [5, 5.41) is 4.14. The number of hydrogen-bond donors (Lipinski definition) is 0. The molecule has 7 nitrogen and oxygen atoms in total. The first-order valence-electron chi connectivity index (χ1n) is 10.5. The van der Waals surface area contributed by atoms with Crippen LogP contribution in [0.15, 0.2) is 57.9 Å². The van der Waals surface area contributed by atoms with E-state index in [1.165, 1.54) is 12.5 Å². The molecule has 5 rings (SSSR count). The van der Waals surface area contributed by atoms with Crippen LogP contribution in [0.3, 0.4) is 0 Å². The Bertz CT molecular complexity index is 975. The fourth-order valence-electron chi connectivity index (χ4n) is 4.63. The van der Waals surface area contributed by atoms with Gasteiger partial charge in [-0.15, -0.1) is 0 Å². The summed E-state index contributed by atoms with van der Waals surface area (Å²) in [5.74, 6) is 1.80. The highest BCUT2D eigenvalue weighted by atomic mass is 16.5. The maximum absolute atomic E-state index is 12.6. The van der Waals surface area contributed by atoms with Gasteiger partial charge in [0.25, 0.3) is 5.91 Å². The molecule has 4 heterocycles. The van der Waals surface area contributed by atoms with Crippen molar-refractivity contribution in [3.05, 3.63) is 60.4 Å². The number of nitrogens with zero attached hydrogens (tertiary/aromatic N) is 3. The fraction of sp³-hybridized carbons (Fsp3) is 0.435. The lowest BCUT2D eigenvalue weighted by molar-refractivity contribution is -0.124. The lowest BCUT2D eigenvalue weighted by Gasteiger charge is -2.46.